The Labute approximate surface area is 164 Å². The number of nitrogens with one attached hydrogen (secondary N) is 2. The quantitative estimate of drug-likeness (QED) is 0.706. The Hall–Kier alpha value is -2.57. The zero-order valence-electron chi connectivity index (χ0n) is 14.9. The van der Waals surface area contributed by atoms with E-state index in [1.807, 2.05) is 18.2 Å². The summed E-state index contributed by atoms with van der Waals surface area (Å²) < 4.78 is 5.52. The number of hydrogen-bond acceptors (Lipinski definition) is 4. The number of benzene rings is 2. The molecule has 4 N–H and O–H groups in total. The van der Waals surface area contributed by atoms with Gasteiger partial charge >= 0.3 is 0 Å². The molecule has 2 aromatic rings. The SMILES string of the molecule is Cl.NC1(C(=O)Nc2cccc(OCC(=O)Nc3ccccc3)c2)CCCC1. The maximum atomic E-state index is 12.4. The summed E-state index contributed by atoms with van der Waals surface area (Å²) >= 11 is 0. The fourth-order valence-electron chi connectivity index (χ4n) is 3.02. The molecule has 7 heteroatoms. The van der Waals surface area contributed by atoms with E-state index in [0.717, 1.165) is 12.8 Å². The van der Waals surface area contributed by atoms with E-state index >= 15 is 0 Å². The van der Waals surface area contributed by atoms with Gasteiger partial charge in [-0.1, -0.05) is 37.1 Å². The summed E-state index contributed by atoms with van der Waals surface area (Å²) in [5.74, 6) is 0.0787. The first-order chi connectivity index (χ1) is 12.5. The zero-order chi connectivity index (χ0) is 18.4. The number of rotatable bonds is 6. The highest BCUT2D eigenvalue weighted by Gasteiger charge is 2.36. The topological polar surface area (TPSA) is 93.5 Å². The summed E-state index contributed by atoms with van der Waals surface area (Å²) in [5, 5.41) is 5.60. The Balaban J connectivity index is 0.00000261. The van der Waals surface area contributed by atoms with Crippen LogP contribution >= 0.6 is 12.4 Å². The fourth-order valence-corrected chi connectivity index (χ4v) is 3.02. The first-order valence-electron chi connectivity index (χ1n) is 8.73. The number of carbonyl (C=O) groups excluding carboxylic acids is 2. The van der Waals surface area contributed by atoms with Crippen LogP contribution in [0.25, 0.3) is 0 Å². The van der Waals surface area contributed by atoms with Crippen molar-refractivity contribution < 1.29 is 14.3 Å². The third kappa shape index (κ3) is 5.70. The molecule has 1 aliphatic carbocycles. The van der Waals surface area contributed by atoms with Gasteiger partial charge in [0.2, 0.25) is 5.91 Å². The van der Waals surface area contributed by atoms with E-state index in [0.29, 0.717) is 30.0 Å². The molecule has 0 radical (unpaired) electrons. The van der Waals surface area contributed by atoms with Crippen molar-refractivity contribution >= 4 is 35.6 Å². The maximum Gasteiger partial charge on any atom is 0.262 e. The van der Waals surface area contributed by atoms with E-state index in [4.69, 9.17) is 10.5 Å². The molecule has 0 bridgehead atoms. The molecule has 0 aliphatic heterocycles. The number of hydrogen-bond donors (Lipinski definition) is 3. The fraction of sp³-hybridized carbons (Fsp3) is 0.300. The number of carbonyl (C=O) groups is 2. The molecule has 144 valence electrons. The van der Waals surface area contributed by atoms with Crippen molar-refractivity contribution in [1.29, 1.82) is 0 Å². The molecule has 0 unspecified atom stereocenters. The van der Waals surface area contributed by atoms with Crippen molar-refractivity contribution in [2.75, 3.05) is 17.2 Å². The molecule has 1 saturated carbocycles. The lowest BCUT2D eigenvalue weighted by Crippen LogP contribution is -2.48. The third-order valence-corrected chi connectivity index (χ3v) is 4.47. The average Bonchev–Trinajstić information content (AvgIpc) is 3.09. The number of para-hydroxylation sites is 1. The van der Waals surface area contributed by atoms with Gasteiger partial charge in [-0.05, 0) is 37.1 Å². The lowest BCUT2D eigenvalue weighted by atomic mass is 9.98. The monoisotopic (exact) mass is 389 g/mol. The van der Waals surface area contributed by atoms with Crippen LogP contribution in [0.3, 0.4) is 0 Å². The van der Waals surface area contributed by atoms with Crippen molar-refractivity contribution in [2.24, 2.45) is 5.73 Å². The molecule has 0 heterocycles. The van der Waals surface area contributed by atoms with Crippen molar-refractivity contribution in [3.8, 4) is 5.75 Å². The first-order valence-corrected chi connectivity index (χ1v) is 8.73. The highest BCUT2D eigenvalue weighted by atomic mass is 35.5. The van der Waals surface area contributed by atoms with Crippen LogP contribution in [0.15, 0.2) is 54.6 Å². The van der Waals surface area contributed by atoms with Crippen molar-refractivity contribution in [2.45, 2.75) is 31.2 Å². The van der Waals surface area contributed by atoms with Gasteiger partial charge in [-0.25, -0.2) is 0 Å². The molecule has 6 nitrogen and oxygen atoms in total. The number of amides is 2. The van der Waals surface area contributed by atoms with Crippen LogP contribution in [0.2, 0.25) is 0 Å². The predicted octanol–water partition coefficient (Wildman–Crippen LogP) is 3.34. The summed E-state index contributed by atoms with van der Waals surface area (Å²) in [7, 11) is 0. The van der Waals surface area contributed by atoms with Gasteiger partial charge in [-0.15, -0.1) is 12.4 Å². The lowest BCUT2D eigenvalue weighted by Gasteiger charge is -2.22. The molecular weight excluding hydrogens is 366 g/mol. The van der Waals surface area contributed by atoms with Gasteiger partial charge in [0.15, 0.2) is 6.61 Å². The molecule has 0 saturated heterocycles. The van der Waals surface area contributed by atoms with Crippen molar-refractivity contribution in [1.82, 2.24) is 0 Å². The molecule has 2 aromatic carbocycles. The molecular formula is C20H24ClN3O3. The second-order valence-electron chi connectivity index (χ2n) is 6.55. The Morgan fingerprint density at radius 3 is 2.33 bits per heavy atom. The van der Waals surface area contributed by atoms with Gasteiger partial charge in [0.05, 0.1) is 5.54 Å². The first kappa shape index (κ1) is 20.7. The van der Waals surface area contributed by atoms with Gasteiger partial charge in [0.25, 0.3) is 5.91 Å². The second-order valence-corrected chi connectivity index (χ2v) is 6.55. The molecule has 0 aromatic heterocycles. The standard InChI is InChI=1S/C20H23N3O3.ClH/c21-20(11-4-5-12-20)19(25)23-16-9-6-10-17(13-16)26-14-18(24)22-15-7-2-1-3-8-15;/h1-3,6-10,13H,4-5,11-12,14,21H2,(H,22,24)(H,23,25);1H. The largest absolute Gasteiger partial charge is 0.484 e. The van der Waals surface area contributed by atoms with Crippen LogP contribution < -0.4 is 21.1 Å². The summed E-state index contributed by atoms with van der Waals surface area (Å²) in [6.45, 7) is -0.118. The van der Waals surface area contributed by atoms with E-state index in [2.05, 4.69) is 10.6 Å². The molecule has 1 fully saturated rings. The number of anilines is 2. The van der Waals surface area contributed by atoms with Crippen molar-refractivity contribution in [3.63, 3.8) is 0 Å². The number of nitrogens with two attached hydrogens (primary N) is 1. The Morgan fingerprint density at radius 1 is 0.963 bits per heavy atom. The smallest absolute Gasteiger partial charge is 0.262 e. The van der Waals surface area contributed by atoms with E-state index in [1.165, 1.54) is 0 Å². The van der Waals surface area contributed by atoms with E-state index < -0.39 is 5.54 Å². The summed E-state index contributed by atoms with van der Waals surface area (Å²) in [4.78, 5) is 24.3. The Morgan fingerprint density at radius 2 is 1.63 bits per heavy atom. The van der Waals surface area contributed by atoms with E-state index in [1.54, 1.807) is 36.4 Å². The predicted molar refractivity (Wildman–Crippen MR) is 108 cm³/mol. The molecule has 0 atom stereocenters. The van der Waals surface area contributed by atoms with Crippen LogP contribution in [-0.2, 0) is 9.59 Å². The van der Waals surface area contributed by atoms with Gasteiger partial charge in [-0.2, -0.15) is 0 Å². The van der Waals surface area contributed by atoms with E-state index in [9.17, 15) is 9.59 Å². The van der Waals surface area contributed by atoms with Gasteiger partial charge < -0.3 is 21.1 Å². The molecule has 0 spiro atoms. The average molecular weight is 390 g/mol. The zero-order valence-corrected chi connectivity index (χ0v) is 15.8. The van der Waals surface area contributed by atoms with Gasteiger partial charge in [-0.3, -0.25) is 9.59 Å². The minimum Gasteiger partial charge on any atom is -0.484 e. The van der Waals surface area contributed by atoms with Gasteiger partial charge in [0, 0.05) is 17.4 Å². The van der Waals surface area contributed by atoms with Crippen LogP contribution in [-0.4, -0.2) is 24.0 Å². The van der Waals surface area contributed by atoms with E-state index in [-0.39, 0.29) is 30.8 Å². The summed E-state index contributed by atoms with van der Waals surface area (Å²) in [6.07, 6.45) is 3.36. The minimum atomic E-state index is -0.785. The molecule has 27 heavy (non-hydrogen) atoms. The molecule has 1 aliphatic rings. The third-order valence-electron chi connectivity index (χ3n) is 4.47. The van der Waals surface area contributed by atoms with Crippen LogP contribution in [0.1, 0.15) is 25.7 Å². The van der Waals surface area contributed by atoms with Gasteiger partial charge in [0.1, 0.15) is 5.75 Å². The minimum absolute atomic E-state index is 0. The Kier molecular flexibility index (Phi) is 7.21. The Bertz CT molecular complexity index is 777. The molecule has 3 rings (SSSR count). The summed E-state index contributed by atoms with van der Waals surface area (Å²) in [5.41, 5.74) is 6.70. The lowest BCUT2D eigenvalue weighted by molar-refractivity contribution is -0.121. The highest BCUT2D eigenvalue weighted by Crippen LogP contribution is 2.29. The van der Waals surface area contributed by atoms with Crippen LogP contribution in [0.4, 0.5) is 11.4 Å². The second kappa shape index (κ2) is 9.39. The number of ether oxygens (including phenoxy) is 1. The highest BCUT2D eigenvalue weighted by molar-refractivity contribution is 5.98. The summed E-state index contributed by atoms with van der Waals surface area (Å²) in [6, 6.07) is 16.1. The maximum absolute atomic E-state index is 12.4. The normalized spacial score (nSPS) is 14.7. The van der Waals surface area contributed by atoms with Crippen LogP contribution in [0, 0.1) is 0 Å². The molecule has 2 amide bonds. The number of halogens is 1. The van der Waals surface area contributed by atoms with Crippen molar-refractivity contribution in [3.05, 3.63) is 54.6 Å². The van der Waals surface area contributed by atoms with Crippen LogP contribution in [0.5, 0.6) is 5.75 Å².